The lowest BCUT2D eigenvalue weighted by Crippen LogP contribution is -2.18. The average Bonchev–Trinajstić information content (AvgIpc) is 2.33. The van der Waals surface area contributed by atoms with Crippen molar-refractivity contribution in [1.29, 1.82) is 0 Å². The van der Waals surface area contributed by atoms with Gasteiger partial charge in [-0.1, -0.05) is 19.8 Å². The van der Waals surface area contributed by atoms with Crippen LogP contribution in [0.1, 0.15) is 58.8 Å². The van der Waals surface area contributed by atoms with Crippen LogP contribution in [0.2, 0.25) is 0 Å². The van der Waals surface area contributed by atoms with Crippen LogP contribution in [0.25, 0.3) is 0 Å². The fourth-order valence-electron chi connectivity index (χ4n) is 1.84. The van der Waals surface area contributed by atoms with E-state index in [1.54, 1.807) is 0 Å². The van der Waals surface area contributed by atoms with Crippen LogP contribution in [-0.2, 0) is 14.3 Å². The topological polar surface area (TPSA) is 63.6 Å². The minimum atomic E-state index is -0.865. The van der Waals surface area contributed by atoms with E-state index in [9.17, 15) is 9.59 Å². The van der Waals surface area contributed by atoms with Crippen LogP contribution in [0, 0.1) is 5.92 Å². The molecule has 0 heterocycles. The number of hydrogen-bond donors (Lipinski definition) is 1. The standard InChI is InChI=1S/C14H26O4/c1-3-5-6-9-13(15)11-12(14(16)17)8-7-10-18-4-2/h12H,3-11H2,1-2H3,(H,16,17). The van der Waals surface area contributed by atoms with Crippen LogP contribution >= 0.6 is 0 Å². The van der Waals surface area contributed by atoms with Gasteiger partial charge in [-0.25, -0.2) is 0 Å². The van der Waals surface area contributed by atoms with Crippen molar-refractivity contribution in [3.8, 4) is 0 Å². The number of ether oxygens (including phenoxy) is 1. The Morgan fingerprint density at radius 2 is 1.89 bits per heavy atom. The predicted molar refractivity (Wildman–Crippen MR) is 70.6 cm³/mol. The zero-order valence-electron chi connectivity index (χ0n) is 11.6. The second kappa shape index (κ2) is 11.2. The van der Waals surface area contributed by atoms with Crippen molar-refractivity contribution in [2.75, 3.05) is 13.2 Å². The molecule has 0 aromatic heterocycles. The Labute approximate surface area is 110 Å². The Morgan fingerprint density at radius 3 is 2.44 bits per heavy atom. The summed E-state index contributed by atoms with van der Waals surface area (Å²) in [5, 5.41) is 9.06. The molecular formula is C14H26O4. The molecule has 0 aliphatic rings. The Hall–Kier alpha value is -0.900. The summed E-state index contributed by atoms with van der Waals surface area (Å²) in [6, 6.07) is 0. The van der Waals surface area contributed by atoms with Gasteiger partial charge in [-0.3, -0.25) is 9.59 Å². The average molecular weight is 258 g/mol. The first kappa shape index (κ1) is 17.1. The van der Waals surface area contributed by atoms with Crippen molar-refractivity contribution in [2.45, 2.75) is 58.8 Å². The lowest BCUT2D eigenvalue weighted by Gasteiger charge is -2.11. The SMILES string of the molecule is CCCCCC(=O)CC(CCCOCC)C(=O)O. The smallest absolute Gasteiger partial charge is 0.306 e. The molecule has 1 atom stereocenters. The van der Waals surface area contributed by atoms with Gasteiger partial charge in [0, 0.05) is 26.1 Å². The van der Waals surface area contributed by atoms with Crippen LogP contribution in [0.15, 0.2) is 0 Å². The van der Waals surface area contributed by atoms with Gasteiger partial charge in [-0.2, -0.15) is 0 Å². The van der Waals surface area contributed by atoms with E-state index in [1.807, 2.05) is 6.92 Å². The molecule has 4 heteroatoms. The van der Waals surface area contributed by atoms with E-state index in [0.717, 1.165) is 19.3 Å². The summed E-state index contributed by atoms with van der Waals surface area (Å²) < 4.78 is 5.17. The Morgan fingerprint density at radius 1 is 1.17 bits per heavy atom. The van der Waals surface area contributed by atoms with Crippen molar-refractivity contribution < 1.29 is 19.4 Å². The van der Waals surface area contributed by atoms with Crippen molar-refractivity contribution in [3.63, 3.8) is 0 Å². The number of carboxylic acid groups (broad SMARTS) is 1. The minimum Gasteiger partial charge on any atom is -0.481 e. The molecule has 18 heavy (non-hydrogen) atoms. The molecule has 0 amide bonds. The van der Waals surface area contributed by atoms with Gasteiger partial charge in [0.1, 0.15) is 5.78 Å². The van der Waals surface area contributed by atoms with E-state index in [2.05, 4.69) is 6.92 Å². The zero-order chi connectivity index (χ0) is 13.8. The Kier molecular flexibility index (Phi) is 10.6. The van der Waals surface area contributed by atoms with Crippen LogP contribution < -0.4 is 0 Å². The van der Waals surface area contributed by atoms with Gasteiger partial charge < -0.3 is 9.84 Å². The van der Waals surface area contributed by atoms with Crippen LogP contribution in [0.5, 0.6) is 0 Å². The predicted octanol–water partition coefficient (Wildman–Crippen LogP) is 3.04. The Balaban J connectivity index is 3.88. The number of carbonyl (C=O) groups excluding carboxylic acids is 1. The molecule has 0 fully saturated rings. The number of unbranched alkanes of at least 4 members (excludes halogenated alkanes) is 2. The number of rotatable bonds is 12. The van der Waals surface area contributed by atoms with E-state index < -0.39 is 11.9 Å². The molecule has 0 aliphatic carbocycles. The maximum Gasteiger partial charge on any atom is 0.306 e. The van der Waals surface area contributed by atoms with E-state index in [1.165, 1.54) is 0 Å². The summed E-state index contributed by atoms with van der Waals surface area (Å²) in [6.45, 7) is 5.21. The second-order valence-corrected chi connectivity index (χ2v) is 4.57. The lowest BCUT2D eigenvalue weighted by molar-refractivity contribution is -0.144. The van der Waals surface area contributed by atoms with E-state index in [4.69, 9.17) is 9.84 Å². The fourth-order valence-corrected chi connectivity index (χ4v) is 1.84. The molecule has 0 aliphatic heterocycles. The normalized spacial score (nSPS) is 12.3. The molecule has 0 aromatic rings. The zero-order valence-corrected chi connectivity index (χ0v) is 11.6. The molecule has 1 N–H and O–H groups in total. The van der Waals surface area contributed by atoms with Crippen molar-refractivity contribution in [2.24, 2.45) is 5.92 Å². The lowest BCUT2D eigenvalue weighted by atomic mass is 9.95. The summed E-state index contributed by atoms with van der Waals surface area (Å²) in [4.78, 5) is 22.7. The molecule has 0 aromatic carbocycles. The first-order valence-corrected chi connectivity index (χ1v) is 6.94. The highest BCUT2D eigenvalue weighted by atomic mass is 16.5. The largest absolute Gasteiger partial charge is 0.481 e. The van der Waals surface area contributed by atoms with Gasteiger partial charge in [-0.15, -0.1) is 0 Å². The number of Topliss-reactive ketones (excluding diaryl/α,β-unsaturated/α-hetero) is 1. The van der Waals surface area contributed by atoms with E-state index in [-0.39, 0.29) is 12.2 Å². The number of hydrogen-bond acceptors (Lipinski definition) is 3. The molecule has 4 nitrogen and oxygen atoms in total. The van der Waals surface area contributed by atoms with Gasteiger partial charge in [-0.05, 0) is 26.2 Å². The summed E-state index contributed by atoms with van der Waals surface area (Å²) in [6.07, 6.45) is 4.90. The third-order valence-electron chi connectivity index (χ3n) is 2.93. The molecule has 0 radical (unpaired) electrons. The maximum absolute atomic E-state index is 11.6. The van der Waals surface area contributed by atoms with Gasteiger partial charge in [0.25, 0.3) is 0 Å². The monoisotopic (exact) mass is 258 g/mol. The number of ketones is 1. The Bertz CT molecular complexity index is 238. The van der Waals surface area contributed by atoms with E-state index in [0.29, 0.717) is 32.5 Å². The van der Waals surface area contributed by atoms with Crippen molar-refractivity contribution in [1.82, 2.24) is 0 Å². The van der Waals surface area contributed by atoms with Crippen LogP contribution in [0.3, 0.4) is 0 Å². The van der Waals surface area contributed by atoms with Crippen LogP contribution in [0.4, 0.5) is 0 Å². The van der Waals surface area contributed by atoms with Crippen molar-refractivity contribution in [3.05, 3.63) is 0 Å². The highest BCUT2D eigenvalue weighted by Gasteiger charge is 2.20. The number of aliphatic carboxylic acids is 1. The number of carboxylic acids is 1. The summed E-state index contributed by atoms with van der Waals surface area (Å²) in [7, 11) is 0. The van der Waals surface area contributed by atoms with E-state index >= 15 is 0 Å². The summed E-state index contributed by atoms with van der Waals surface area (Å²) >= 11 is 0. The molecule has 0 spiro atoms. The quantitative estimate of drug-likeness (QED) is 0.546. The highest BCUT2D eigenvalue weighted by molar-refractivity contribution is 5.83. The van der Waals surface area contributed by atoms with Gasteiger partial charge in [0.15, 0.2) is 0 Å². The molecule has 106 valence electrons. The molecule has 0 saturated heterocycles. The fraction of sp³-hybridized carbons (Fsp3) is 0.857. The molecule has 0 saturated carbocycles. The first-order valence-electron chi connectivity index (χ1n) is 6.94. The maximum atomic E-state index is 11.6. The van der Waals surface area contributed by atoms with Crippen LogP contribution in [-0.4, -0.2) is 30.1 Å². The third kappa shape index (κ3) is 9.16. The first-order chi connectivity index (χ1) is 8.61. The minimum absolute atomic E-state index is 0.0762. The highest BCUT2D eigenvalue weighted by Crippen LogP contribution is 2.15. The molecule has 1 unspecified atom stereocenters. The number of carbonyl (C=O) groups is 2. The third-order valence-corrected chi connectivity index (χ3v) is 2.93. The summed E-state index contributed by atoms with van der Waals surface area (Å²) in [5.41, 5.74) is 0. The van der Waals surface area contributed by atoms with Gasteiger partial charge in [0.05, 0.1) is 5.92 Å². The molecular weight excluding hydrogens is 232 g/mol. The molecule has 0 rings (SSSR count). The summed E-state index contributed by atoms with van der Waals surface area (Å²) in [5.74, 6) is -1.33. The molecule has 0 bridgehead atoms. The van der Waals surface area contributed by atoms with Gasteiger partial charge >= 0.3 is 5.97 Å². The van der Waals surface area contributed by atoms with Crippen molar-refractivity contribution >= 4 is 11.8 Å². The second-order valence-electron chi connectivity index (χ2n) is 4.57. The van der Waals surface area contributed by atoms with Gasteiger partial charge in [0.2, 0.25) is 0 Å².